The number of benzene rings is 3. The Balaban J connectivity index is 1.93. The minimum atomic E-state index is -0.630. The highest BCUT2D eigenvalue weighted by atomic mass is 79.9. The van der Waals surface area contributed by atoms with Gasteiger partial charge in [-0.2, -0.15) is 0 Å². The van der Waals surface area contributed by atoms with Gasteiger partial charge in [-0.15, -0.1) is 0 Å². The van der Waals surface area contributed by atoms with E-state index in [0.29, 0.717) is 18.8 Å². The lowest BCUT2D eigenvalue weighted by Gasteiger charge is -2.26. The van der Waals surface area contributed by atoms with Crippen molar-refractivity contribution in [3.05, 3.63) is 87.9 Å². The molecule has 0 aromatic heterocycles. The van der Waals surface area contributed by atoms with Gasteiger partial charge in [-0.05, 0) is 63.5 Å². The van der Waals surface area contributed by atoms with Crippen LogP contribution in [0.2, 0.25) is 0 Å². The van der Waals surface area contributed by atoms with Gasteiger partial charge in [-0.3, -0.25) is 0 Å². The maximum Gasteiger partial charge on any atom is 0.163 e. The lowest BCUT2D eigenvalue weighted by molar-refractivity contribution is 0.414. The van der Waals surface area contributed by atoms with Crippen LogP contribution in [0.1, 0.15) is 11.1 Å². The van der Waals surface area contributed by atoms with Gasteiger partial charge in [0.05, 0.1) is 24.4 Å². The van der Waals surface area contributed by atoms with Crippen LogP contribution in [0.15, 0.2) is 65.1 Å². The fourth-order valence-electron chi connectivity index (χ4n) is 2.89. The summed E-state index contributed by atoms with van der Waals surface area (Å²) in [5.41, 5.74) is 2.28. The third-order valence-electron chi connectivity index (χ3n) is 4.42. The van der Waals surface area contributed by atoms with Crippen molar-refractivity contribution >= 4 is 21.6 Å². The van der Waals surface area contributed by atoms with Crippen LogP contribution < -0.4 is 14.4 Å². The Morgan fingerprint density at radius 1 is 0.750 bits per heavy atom. The predicted octanol–water partition coefficient (Wildman–Crippen LogP) is 5.95. The maximum absolute atomic E-state index is 14.8. The fourth-order valence-corrected chi connectivity index (χ4v) is 3.22. The van der Waals surface area contributed by atoms with E-state index in [2.05, 4.69) is 15.9 Å². The highest BCUT2D eigenvalue weighted by Crippen LogP contribution is 2.31. The first kappa shape index (κ1) is 20.1. The van der Waals surface area contributed by atoms with E-state index in [-0.39, 0.29) is 4.47 Å². The molecular weight excluding hydrogens is 428 g/mol. The topological polar surface area (TPSA) is 21.7 Å². The molecule has 6 heteroatoms. The second-order valence-corrected chi connectivity index (χ2v) is 7.04. The van der Waals surface area contributed by atoms with Crippen LogP contribution in [0.5, 0.6) is 11.5 Å². The molecule has 3 nitrogen and oxygen atoms in total. The minimum absolute atomic E-state index is 0.167. The van der Waals surface area contributed by atoms with E-state index in [0.717, 1.165) is 22.6 Å². The summed E-state index contributed by atoms with van der Waals surface area (Å²) >= 11 is 3.00. The van der Waals surface area contributed by atoms with Crippen molar-refractivity contribution in [2.75, 3.05) is 19.1 Å². The number of hydrogen-bond donors (Lipinski definition) is 0. The molecule has 146 valence electrons. The molecule has 0 atom stereocenters. The van der Waals surface area contributed by atoms with Crippen molar-refractivity contribution in [2.45, 2.75) is 13.1 Å². The van der Waals surface area contributed by atoms with Gasteiger partial charge in [-0.1, -0.05) is 24.3 Å². The molecule has 28 heavy (non-hydrogen) atoms. The van der Waals surface area contributed by atoms with Crippen molar-refractivity contribution in [3.63, 3.8) is 0 Å². The van der Waals surface area contributed by atoms with Crippen molar-refractivity contribution in [3.8, 4) is 11.5 Å². The largest absolute Gasteiger partial charge is 0.497 e. The molecule has 0 N–H and O–H groups in total. The number of halogens is 3. The Bertz CT molecular complexity index is 881. The van der Waals surface area contributed by atoms with Crippen LogP contribution in [-0.4, -0.2) is 14.2 Å². The smallest absolute Gasteiger partial charge is 0.163 e. The molecule has 0 amide bonds. The van der Waals surface area contributed by atoms with Gasteiger partial charge in [0, 0.05) is 13.1 Å². The average molecular weight is 448 g/mol. The average Bonchev–Trinajstić information content (AvgIpc) is 2.73. The molecule has 0 saturated heterocycles. The molecule has 0 saturated carbocycles. The summed E-state index contributed by atoms with van der Waals surface area (Å²) in [6.07, 6.45) is 0. The molecule has 0 bridgehead atoms. The zero-order chi connectivity index (χ0) is 20.1. The zero-order valence-corrected chi connectivity index (χ0v) is 17.2. The van der Waals surface area contributed by atoms with Crippen LogP contribution in [0.3, 0.4) is 0 Å². The number of hydrogen-bond acceptors (Lipinski definition) is 3. The number of methoxy groups -OCH3 is 2. The molecule has 3 aromatic carbocycles. The van der Waals surface area contributed by atoms with Gasteiger partial charge < -0.3 is 14.4 Å². The molecule has 3 aromatic rings. The van der Waals surface area contributed by atoms with E-state index >= 15 is 0 Å². The van der Waals surface area contributed by atoms with Crippen LogP contribution >= 0.6 is 15.9 Å². The molecule has 0 aliphatic carbocycles. The van der Waals surface area contributed by atoms with E-state index in [1.807, 2.05) is 53.4 Å². The SMILES string of the molecule is COc1ccc(CN(Cc2ccc(OC)cc2)c2ccc(F)c(Br)c2F)cc1. The van der Waals surface area contributed by atoms with Crippen molar-refractivity contribution < 1.29 is 18.3 Å². The second-order valence-electron chi connectivity index (χ2n) is 6.25. The lowest BCUT2D eigenvalue weighted by atomic mass is 10.1. The van der Waals surface area contributed by atoms with Gasteiger partial charge in [0.15, 0.2) is 5.82 Å². The third-order valence-corrected chi connectivity index (χ3v) is 5.15. The summed E-state index contributed by atoms with van der Waals surface area (Å²) in [6, 6.07) is 17.9. The second kappa shape index (κ2) is 9.06. The standard InChI is InChI=1S/C22H20BrF2NO2/c1-27-17-7-3-15(4-8-17)13-26(14-16-5-9-18(28-2)10-6-16)20-12-11-19(24)21(23)22(20)25/h3-12H,13-14H2,1-2H3. The van der Waals surface area contributed by atoms with Crippen LogP contribution in [0.4, 0.5) is 14.5 Å². The van der Waals surface area contributed by atoms with Crippen molar-refractivity contribution in [1.29, 1.82) is 0 Å². The summed E-state index contributed by atoms with van der Waals surface area (Å²) in [5.74, 6) is 0.249. The Morgan fingerprint density at radius 3 is 1.64 bits per heavy atom. The number of rotatable bonds is 7. The monoisotopic (exact) mass is 447 g/mol. The van der Waals surface area contributed by atoms with E-state index in [4.69, 9.17) is 9.47 Å². The first-order valence-electron chi connectivity index (χ1n) is 8.66. The zero-order valence-electron chi connectivity index (χ0n) is 15.6. The fraction of sp³-hybridized carbons (Fsp3) is 0.182. The summed E-state index contributed by atoms with van der Waals surface area (Å²) < 4.78 is 38.7. The van der Waals surface area contributed by atoms with Gasteiger partial charge >= 0.3 is 0 Å². The van der Waals surface area contributed by atoms with E-state index < -0.39 is 11.6 Å². The normalized spacial score (nSPS) is 10.6. The summed E-state index contributed by atoms with van der Waals surface area (Å²) in [5, 5.41) is 0. The number of anilines is 1. The summed E-state index contributed by atoms with van der Waals surface area (Å²) in [7, 11) is 3.22. The van der Waals surface area contributed by atoms with Crippen LogP contribution in [0, 0.1) is 11.6 Å². The van der Waals surface area contributed by atoms with Gasteiger partial charge in [0.25, 0.3) is 0 Å². The molecule has 3 rings (SSSR count). The highest BCUT2D eigenvalue weighted by molar-refractivity contribution is 9.10. The molecule has 0 aliphatic rings. The molecule has 0 unspecified atom stereocenters. The van der Waals surface area contributed by atoms with Gasteiger partial charge in [0.2, 0.25) is 0 Å². The predicted molar refractivity (Wildman–Crippen MR) is 110 cm³/mol. The number of nitrogens with zero attached hydrogens (tertiary/aromatic N) is 1. The first-order chi connectivity index (χ1) is 13.5. The molecule has 0 aliphatic heterocycles. The number of ether oxygens (including phenoxy) is 2. The van der Waals surface area contributed by atoms with Crippen molar-refractivity contribution in [1.82, 2.24) is 0 Å². The molecule has 0 spiro atoms. The lowest BCUT2D eigenvalue weighted by Crippen LogP contribution is -2.23. The summed E-state index contributed by atoms with van der Waals surface area (Å²) in [6.45, 7) is 0.899. The van der Waals surface area contributed by atoms with Crippen LogP contribution in [-0.2, 0) is 13.1 Å². The Kier molecular flexibility index (Phi) is 6.52. The van der Waals surface area contributed by atoms with E-state index in [1.54, 1.807) is 14.2 Å². The highest BCUT2D eigenvalue weighted by Gasteiger charge is 2.18. The van der Waals surface area contributed by atoms with Gasteiger partial charge in [0.1, 0.15) is 17.3 Å². The molecular formula is C22H20BrF2NO2. The van der Waals surface area contributed by atoms with Gasteiger partial charge in [-0.25, -0.2) is 8.78 Å². The summed E-state index contributed by atoms with van der Waals surface area (Å²) in [4.78, 5) is 1.86. The molecule has 0 radical (unpaired) electrons. The quantitative estimate of drug-likeness (QED) is 0.417. The third kappa shape index (κ3) is 4.62. The Morgan fingerprint density at radius 2 is 1.21 bits per heavy atom. The van der Waals surface area contributed by atoms with Crippen molar-refractivity contribution in [2.24, 2.45) is 0 Å². The van der Waals surface area contributed by atoms with E-state index in [1.165, 1.54) is 12.1 Å². The minimum Gasteiger partial charge on any atom is -0.497 e. The van der Waals surface area contributed by atoms with Crippen LogP contribution in [0.25, 0.3) is 0 Å². The Labute approximate surface area is 171 Å². The first-order valence-corrected chi connectivity index (χ1v) is 9.45. The molecule has 0 fully saturated rings. The maximum atomic E-state index is 14.8. The molecule has 0 heterocycles. The Hall–Kier alpha value is -2.60. The van der Waals surface area contributed by atoms with E-state index in [9.17, 15) is 8.78 Å².